The van der Waals surface area contributed by atoms with Crippen molar-refractivity contribution in [3.8, 4) is 0 Å². The van der Waals surface area contributed by atoms with Crippen molar-refractivity contribution in [1.82, 2.24) is 25.5 Å². The average Bonchev–Trinajstić information content (AvgIpc) is 3.41. The van der Waals surface area contributed by atoms with Gasteiger partial charge in [0, 0.05) is 24.9 Å². The molecule has 12 heteroatoms. The second-order valence-electron chi connectivity index (χ2n) is 8.37. The number of aliphatic hydroxyl groups is 1. The summed E-state index contributed by atoms with van der Waals surface area (Å²) in [7, 11) is 0. The van der Waals surface area contributed by atoms with E-state index >= 15 is 0 Å². The molecule has 1 aromatic rings. The van der Waals surface area contributed by atoms with E-state index in [1.807, 2.05) is 0 Å². The van der Waals surface area contributed by atoms with Crippen LogP contribution < -0.4 is 16.4 Å². The number of aliphatic carboxylic acids is 1. The number of nitrogens with one attached hydrogen (secondary N) is 3. The number of carbonyl (C=O) groups excluding carboxylic acids is 3. The third kappa shape index (κ3) is 6.26. The van der Waals surface area contributed by atoms with Crippen molar-refractivity contribution in [2.45, 2.75) is 70.3 Å². The number of aromatic amines is 1. The number of hydrogen-bond donors (Lipinski definition) is 6. The van der Waals surface area contributed by atoms with E-state index in [0.29, 0.717) is 18.5 Å². The molecule has 0 aliphatic carbocycles. The van der Waals surface area contributed by atoms with Gasteiger partial charge in [0.1, 0.15) is 12.1 Å². The molecule has 32 heavy (non-hydrogen) atoms. The minimum Gasteiger partial charge on any atom is -0.480 e. The first kappa shape index (κ1) is 25.3. The highest BCUT2D eigenvalue weighted by Gasteiger charge is 2.40. The number of amides is 3. The quantitative estimate of drug-likeness (QED) is 0.243. The molecule has 1 aliphatic heterocycles. The summed E-state index contributed by atoms with van der Waals surface area (Å²) in [6.07, 6.45) is 2.65. The second-order valence-corrected chi connectivity index (χ2v) is 8.37. The number of nitrogens with zero attached hydrogens (tertiary/aromatic N) is 2. The fourth-order valence-electron chi connectivity index (χ4n) is 3.53. The first-order valence-electron chi connectivity index (χ1n) is 10.6. The lowest BCUT2D eigenvalue weighted by Crippen LogP contribution is -2.58. The lowest BCUT2D eigenvalue weighted by molar-refractivity contribution is -0.147. The molecule has 0 spiro atoms. The molecule has 1 saturated heterocycles. The number of hydrogen-bond acceptors (Lipinski definition) is 7. The number of imidazole rings is 1. The highest BCUT2D eigenvalue weighted by atomic mass is 16.4. The molecule has 3 amide bonds. The van der Waals surface area contributed by atoms with Gasteiger partial charge in [0.2, 0.25) is 17.7 Å². The molecule has 5 atom stereocenters. The Balaban J connectivity index is 2.19. The minimum atomic E-state index is -1.50. The van der Waals surface area contributed by atoms with Crippen LogP contribution in [0.15, 0.2) is 12.5 Å². The molecule has 0 radical (unpaired) electrons. The zero-order valence-corrected chi connectivity index (χ0v) is 18.4. The highest BCUT2D eigenvalue weighted by molar-refractivity contribution is 5.94. The molecule has 7 N–H and O–H groups in total. The van der Waals surface area contributed by atoms with Gasteiger partial charge in [-0.2, -0.15) is 0 Å². The predicted octanol–water partition coefficient (Wildman–Crippen LogP) is -1.64. The van der Waals surface area contributed by atoms with Crippen LogP contribution in [0, 0.1) is 5.92 Å². The SMILES string of the molecule is CC(C)C(N)C(=O)NC(Cc1cnc[nH]1)C(=O)N1CCCC1C(=O)NC(C(=O)O)C(C)O. The van der Waals surface area contributed by atoms with E-state index in [4.69, 9.17) is 5.73 Å². The molecule has 0 bridgehead atoms. The third-order valence-electron chi connectivity index (χ3n) is 5.50. The predicted molar refractivity (Wildman–Crippen MR) is 113 cm³/mol. The summed E-state index contributed by atoms with van der Waals surface area (Å²) in [5.74, 6) is -3.16. The molecule has 1 aromatic heterocycles. The van der Waals surface area contributed by atoms with Crippen molar-refractivity contribution in [1.29, 1.82) is 0 Å². The van der Waals surface area contributed by atoms with Crippen molar-refractivity contribution in [3.63, 3.8) is 0 Å². The smallest absolute Gasteiger partial charge is 0.328 e. The highest BCUT2D eigenvalue weighted by Crippen LogP contribution is 2.20. The van der Waals surface area contributed by atoms with Crippen molar-refractivity contribution in [3.05, 3.63) is 18.2 Å². The van der Waals surface area contributed by atoms with Crippen molar-refractivity contribution < 1.29 is 29.4 Å². The second kappa shape index (κ2) is 11.0. The number of likely N-dealkylation sites (tertiary alicyclic amines) is 1. The number of aliphatic hydroxyl groups excluding tert-OH is 1. The zero-order chi connectivity index (χ0) is 24.0. The Bertz CT molecular complexity index is 812. The molecule has 0 aromatic carbocycles. The normalized spacial score (nSPS) is 19.8. The van der Waals surface area contributed by atoms with Crippen LogP contribution in [0.5, 0.6) is 0 Å². The topological polar surface area (TPSA) is 191 Å². The van der Waals surface area contributed by atoms with Gasteiger partial charge in [-0.25, -0.2) is 9.78 Å². The summed E-state index contributed by atoms with van der Waals surface area (Å²) < 4.78 is 0. The number of carboxylic acid groups (broad SMARTS) is 1. The maximum Gasteiger partial charge on any atom is 0.328 e. The van der Waals surface area contributed by atoms with Gasteiger partial charge >= 0.3 is 5.97 Å². The van der Waals surface area contributed by atoms with Gasteiger partial charge in [0.25, 0.3) is 0 Å². The summed E-state index contributed by atoms with van der Waals surface area (Å²) in [5.41, 5.74) is 6.53. The lowest BCUT2D eigenvalue weighted by atomic mass is 10.0. The molecule has 1 aliphatic rings. The number of nitrogens with two attached hydrogens (primary N) is 1. The summed E-state index contributed by atoms with van der Waals surface area (Å²) in [6, 6.07) is -4.21. The fraction of sp³-hybridized carbons (Fsp3) is 0.650. The number of aromatic nitrogens is 2. The van der Waals surface area contributed by atoms with Gasteiger partial charge in [-0.15, -0.1) is 0 Å². The van der Waals surface area contributed by atoms with E-state index in [-0.39, 0.29) is 18.9 Å². The van der Waals surface area contributed by atoms with Crippen LogP contribution in [0.3, 0.4) is 0 Å². The number of rotatable bonds is 10. The Morgan fingerprint density at radius 1 is 1.28 bits per heavy atom. The molecule has 2 heterocycles. The Kier molecular flexibility index (Phi) is 8.72. The van der Waals surface area contributed by atoms with Crippen molar-refractivity contribution >= 4 is 23.7 Å². The molecule has 178 valence electrons. The van der Waals surface area contributed by atoms with Crippen LogP contribution in [0.2, 0.25) is 0 Å². The van der Waals surface area contributed by atoms with Gasteiger partial charge in [0.05, 0.1) is 18.5 Å². The van der Waals surface area contributed by atoms with Gasteiger partial charge in [0.15, 0.2) is 6.04 Å². The fourth-order valence-corrected chi connectivity index (χ4v) is 3.53. The first-order chi connectivity index (χ1) is 15.0. The molecule has 2 rings (SSSR count). The van der Waals surface area contributed by atoms with Crippen LogP contribution in [-0.4, -0.2) is 85.6 Å². The van der Waals surface area contributed by atoms with Gasteiger partial charge < -0.3 is 36.5 Å². The largest absolute Gasteiger partial charge is 0.480 e. The molecule has 5 unspecified atom stereocenters. The first-order valence-corrected chi connectivity index (χ1v) is 10.6. The van der Waals surface area contributed by atoms with Crippen LogP contribution in [0.1, 0.15) is 39.3 Å². The van der Waals surface area contributed by atoms with Crippen LogP contribution in [-0.2, 0) is 25.6 Å². The van der Waals surface area contributed by atoms with Gasteiger partial charge in [-0.3, -0.25) is 14.4 Å². The minimum absolute atomic E-state index is 0.117. The lowest BCUT2D eigenvalue weighted by Gasteiger charge is -2.30. The number of carbonyl (C=O) groups is 4. The van der Waals surface area contributed by atoms with E-state index in [0.717, 1.165) is 0 Å². The monoisotopic (exact) mass is 452 g/mol. The standard InChI is InChI=1S/C20H32N6O6/c1-10(2)15(21)18(29)24-13(7-12-8-22-9-23-12)19(30)26-6-4-5-14(26)17(28)25-16(11(3)27)20(31)32/h8-11,13-16,27H,4-7,21H2,1-3H3,(H,22,23)(H,24,29)(H,25,28)(H,31,32). The molecule has 12 nitrogen and oxygen atoms in total. The van der Waals surface area contributed by atoms with Gasteiger partial charge in [-0.05, 0) is 25.7 Å². The summed E-state index contributed by atoms with van der Waals surface area (Å²) >= 11 is 0. The molecular weight excluding hydrogens is 420 g/mol. The Labute approximate surface area is 185 Å². The van der Waals surface area contributed by atoms with Crippen molar-refractivity contribution in [2.75, 3.05) is 6.54 Å². The van der Waals surface area contributed by atoms with Crippen LogP contribution in [0.25, 0.3) is 0 Å². The summed E-state index contributed by atoms with van der Waals surface area (Å²) in [6.45, 7) is 5.11. The molecule has 0 saturated carbocycles. The van der Waals surface area contributed by atoms with Crippen LogP contribution in [0.4, 0.5) is 0 Å². The summed E-state index contributed by atoms with van der Waals surface area (Å²) in [4.78, 5) is 58.1. The Morgan fingerprint density at radius 3 is 2.50 bits per heavy atom. The number of H-pyrrole nitrogens is 1. The molecular formula is C20H32N6O6. The molecule has 1 fully saturated rings. The van der Waals surface area contributed by atoms with Crippen molar-refractivity contribution in [2.24, 2.45) is 11.7 Å². The zero-order valence-electron chi connectivity index (χ0n) is 18.4. The van der Waals surface area contributed by atoms with E-state index < -0.39 is 54.0 Å². The average molecular weight is 453 g/mol. The van der Waals surface area contributed by atoms with E-state index in [2.05, 4.69) is 20.6 Å². The Hall–Kier alpha value is -2.99. The Morgan fingerprint density at radius 2 is 1.97 bits per heavy atom. The summed E-state index contributed by atoms with van der Waals surface area (Å²) in [5, 5.41) is 23.8. The van der Waals surface area contributed by atoms with E-state index in [1.165, 1.54) is 24.3 Å². The number of carboxylic acids is 1. The van der Waals surface area contributed by atoms with Crippen LogP contribution >= 0.6 is 0 Å². The maximum absolute atomic E-state index is 13.4. The maximum atomic E-state index is 13.4. The third-order valence-corrected chi connectivity index (χ3v) is 5.50. The van der Waals surface area contributed by atoms with Gasteiger partial charge in [-0.1, -0.05) is 13.8 Å². The van der Waals surface area contributed by atoms with E-state index in [9.17, 15) is 29.4 Å². The van der Waals surface area contributed by atoms with E-state index in [1.54, 1.807) is 13.8 Å².